The fraction of sp³-hybridized carbons (Fsp3) is 0.609. The van der Waals surface area contributed by atoms with Crippen LogP contribution in [0.25, 0.3) is 11.3 Å². The molecule has 2 aromatic rings. The minimum Gasteiger partial charge on any atom is -0.389 e. The molecule has 0 radical (unpaired) electrons. The van der Waals surface area contributed by atoms with E-state index in [2.05, 4.69) is 34.0 Å². The molecule has 7 heteroatoms. The number of aliphatic hydroxyl groups excluding tert-OH is 1. The molecule has 3 rings (SSSR count). The summed E-state index contributed by atoms with van der Waals surface area (Å²) < 4.78 is 11.5. The van der Waals surface area contributed by atoms with Crippen LogP contribution in [-0.4, -0.2) is 71.7 Å². The van der Waals surface area contributed by atoms with Gasteiger partial charge in [0.2, 0.25) is 5.88 Å². The average molecular weight is 434 g/mol. The molecule has 1 atom stereocenters. The lowest BCUT2D eigenvalue weighted by atomic mass is 10.1. The number of aromatic nitrogens is 1. The van der Waals surface area contributed by atoms with Crippen molar-refractivity contribution in [1.82, 2.24) is 10.1 Å². The molecule has 0 aliphatic carbocycles. The molecular formula is C23H35N3O3S. The van der Waals surface area contributed by atoms with Crippen molar-refractivity contribution in [3.63, 3.8) is 0 Å². The second-order valence-corrected chi connectivity index (χ2v) is 9.28. The van der Waals surface area contributed by atoms with E-state index < -0.39 is 6.10 Å². The highest BCUT2D eigenvalue weighted by atomic mass is 32.2. The number of hydrogen-bond donors (Lipinski definition) is 1. The highest BCUT2D eigenvalue weighted by Crippen LogP contribution is 2.33. The van der Waals surface area contributed by atoms with Crippen molar-refractivity contribution in [2.75, 3.05) is 49.2 Å². The van der Waals surface area contributed by atoms with Crippen molar-refractivity contribution < 1.29 is 14.4 Å². The number of nitrogens with zero attached hydrogens (tertiary/aromatic N) is 3. The van der Waals surface area contributed by atoms with Crippen LogP contribution in [0.5, 0.6) is 0 Å². The highest BCUT2D eigenvalue weighted by Gasteiger charge is 2.26. The van der Waals surface area contributed by atoms with E-state index >= 15 is 0 Å². The van der Waals surface area contributed by atoms with Gasteiger partial charge in [0.15, 0.2) is 0 Å². The van der Waals surface area contributed by atoms with Crippen molar-refractivity contribution in [1.29, 1.82) is 0 Å². The van der Waals surface area contributed by atoms with Crippen LogP contribution in [0.1, 0.15) is 32.8 Å². The number of anilines is 1. The van der Waals surface area contributed by atoms with Crippen LogP contribution < -0.4 is 4.90 Å². The molecule has 0 amide bonds. The van der Waals surface area contributed by atoms with Gasteiger partial charge in [-0.3, -0.25) is 4.90 Å². The smallest absolute Gasteiger partial charge is 0.232 e. The molecule has 6 nitrogen and oxygen atoms in total. The van der Waals surface area contributed by atoms with E-state index in [1.165, 1.54) is 0 Å². The number of rotatable bonds is 11. The monoisotopic (exact) mass is 433 g/mol. The standard InChI is InChI=1S/C23H35N3O3S/c1-4-10-25(15-20(27)17-28-18(2)3)16-21-22(19-8-6-5-7-9-19)24-29-23(21)26-11-13-30-14-12-26/h5-9,18,20,27H,4,10-17H2,1-3H3/t20-/m1/s1. The Kier molecular flexibility index (Phi) is 9.05. The maximum Gasteiger partial charge on any atom is 0.232 e. The van der Waals surface area contributed by atoms with Crippen molar-refractivity contribution in [2.24, 2.45) is 0 Å². The Hall–Kier alpha value is -1.54. The summed E-state index contributed by atoms with van der Waals surface area (Å²) >= 11 is 1.98. The van der Waals surface area contributed by atoms with Crippen LogP contribution in [0.4, 0.5) is 5.88 Å². The summed E-state index contributed by atoms with van der Waals surface area (Å²) in [5, 5.41) is 15.0. The van der Waals surface area contributed by atoms with E-state index in [9.17, 15) is 5.11 Å². The van der Waals surface area contributed by atoms with E-state index in [0.29, 0.717) is 19.7 Å². The number of aliphatic hydroxyl groups is 1. The van der Waals surface area contributed by atoms with Gasteiger partial charge in [-0.1, -0.05) is 42.4 Å². The molecule has 1 fully saturated rings. The Morgan fingerprint density at radius 1 is 1.23 bits per heavy atom. The molecule has 1 saturated heterocycles. The van der Waals surface area contributed by atoms with Crippen molar-refractivity contribution >= 4 is 17.6 Å². The quantitative estimate of drug-likeness (QED) is 0.577. The molecule has 1 aromatic carbocycles. The summed E-state index contributed by atoms with van der Waals surface area (Å²) in [5.74, 6) is 3.08. The molecule has 166 valence electrons. The first kappa shape index (κ1) is 23.1. The van der Waals surface area contributed by atoms with Gasteiger partial charge < -0.3 is 19.3 Å². The van der Waals surface area contributed by atoms with Crippen molar-refractivity contribution in [3.05, 3.63) is 35.9 Å². The van der Waals surface area contributed by atoms with Crippen LogP contribution >= 0.6 is 11.8 Å². The molecule has 0 bridgehead atoms. The summed E-state index contributed by atoms with van der Waals surface area (Å²) in [6.07, 6.45) is 0.610. The summed E-state index contributed by atoms with van der Waals surface area (Å²) in [6.45, 7) is 10.6. The summed E-state index contributed by atoms with van der Waals surface area (Å²) in [6, 6.07) is 10.2. The second-order valence-electron chi connectivity index (χ2n) is 8.05. The predicted octanol–water partition coefficient (Wildman–Crippen LogP) is 3.89. The zero-order valence-electron chi connectivity index (χ0n) is 18.4. The van der Waals surface area contributed by atoms with Gasteiger partial charge in [-0.15, -0.1) is 0 Å². The maximum absolute atomic E-state index is 10.5. The SMILES string of the molecule is CCCN(Cc1c(-c2ccccc2)noc1N1CCSCC1)C[C@@H](O)COC(C)C. The number of ether oxygens (including phenoxy) is 1. The van der Waals surface area contributed by atoms with Crippen LogP contribution in [0, 0.1) is 0 Å². The molecule has 0 spiro atoms. The van der Waals surface area contributed by atoms with Gasteiger partial charge in [0.1, 0.15) is 5.69 Å². The fourth-order valence-corrected chi connectivity index (χ4v) is 4.61. The average Bonchev–Trinajstić information content (AvgIpc) is 3.17. The van der Waals surface area contributed by atoms with Gasteiger partial charge >= 0.3 is 0 Å². The number of benzene rings is 1. The second kappa shape index (κ2) is 11.7. The molecule has 2 heterocycles. The van der Waals surface area contributed by atoms with Gasteiger partial charge in [0.25, 0.3) is 0 Å². The largest absolute Gasteiger partial charge is 0.389 e. The zero-order valence-corrected chi connectivity index (χ0v) is 19.2. The molecular weight excluding hydrogens is 398 g/mol. The Labute approximate surface area is 184 Å². The molecule has 0 saturated carbocycles. The topological polar surface area (TPSA) is 62.0 Å². The Morgan fingerprint density at radius 2 is 1.97 bits per heavy atom. The van der Waals surface area contributed by atoms with E-state index in [0.717, 1.165) is 60.3 Å². The molecule has 1 N–H and O–H groups in total. The molecule has 1 aromatic heterocycles. The first-order valence-corrected chi connectivity index (χ1v) is 12.1. The fourth-order valence-electron chi connectivity index (χ4n) is 3.71. The highest BCUT2D eigenvalue weighted by molar-refractivity contribution is 7.99. The van der Waals surface area contributed by atoms with Gasteiger partial charge in [-0.05, 0) is 26.8 Å². The maximum atomic E-state index is 10.5. The van der Waals surface area contributed by atoms with Crippen molar-refractivity contribution in [3.8, 4) is 11.3 Å². The first-order valence-electron chi connectivity index (χ1n) is 11.0. The predicted molar refractivity (Wildman–Crippen MR) is 124 cm³/mol. The van der Waals surface area contributed by atoms with E-state index in [1.807, 2.05) is 43.8 Å². The van der Waals surface area contributed by atoms with Gasteiger partial charge in [-0.2, -0.15) is 11.8 Å². The van der Waals surface area contributed by atoms with Crippen LogP contribution in [-0.2, 0) is 11.3 Å². The normalized spacial score (nSPS) is 15.9. The lowest BCUT2D eigenvalue weighted by Gasteiger charge is -2.29. The Balaban J connectivity index is 1.83. The third kappa shape index (κ3) is 6.48. The Bertz CT molecular complexity index is 747. The third-order valence-corrected chi connectivity index (χ3v) is 6.07. The zero-order chi connectivity index (χ0) is 21.3. The minimum absolute atomic E-state index is 0.116. The molecule has 0 unspecified atom stereocenters. The van der Waals surface area contributed by atoms with Gasteiger partial charge in [0, 0.05) is 43.2 Å². The van der Waals surface area contributed by atoms with Gasteiger partial charge in [-0.25, -0.2) is 0 Å². The first-order chi connectivity index (χ1) is 14.6. The number of hydrogen-bond acceptors (Lipinski definition) is 7. The van der Waals surface area contributed by atoms with Crippen LogP contribution in [0.3, 0.4) is 0 Å². The van der Waals surface area contributed by atoms with E-state index in [1.54, 1.807) is 0 Å². The molecule has 30 heavy (non-hydrogen) atoms. The lowest BCUT2D eigenvalue weighted by molar-refractivity contribution is -0.00947. The van der Waals surface area contributed by atoms with E-state index in [-0.39, 0.29) is 6.10 Å². The lowest BCUT2D eigenvalue weighted by Crippen LogP contribution is -2.37. The summed E-state index contributed by atoms with van der Waals surface area (Å²) in [5.41, 5.74) is 3.07. The van der Waals surface area contributed by atoms with Gasteiger partial charge in [0.05, 0.1) is 24.4 Å². The van der Waals surface area contributed by atoms with Crippen LogP contribution in [0.15, 0.2) is 34.9 Å². The minimum atomic E-state index is -0.520. The van der Waals surface area contributed by atoms with E-state index in [4.69, 9.17) is 9.26 Å². The molecule has 1 aliphatic heterocycles. The molecule has 1 aliphatic rings. The number of thioether (sulfide) groups is 1. The van der Waals surface area contributed by atoms with Crippen molar-refractivity contribution in [2.45, 2.75) is 45.9 Å². The summed E-state index contributed by atoms with van der Waals surface area (Å²) in [4.78, 5) is 4.60. The Morgan fingerprint density at radius 3 is 2.63 bits per heavy atom. The summed E-state index contributed by atoms with van der Waals surface area (Å²) in [7, 11) is 0. The third-order valence-electron chi connectivity index (χ3n) is 5.13. The van der Waals surface area contributed by atoms with Crippen LogP contribution in [0.2, 0.25) is 0 Å².